The molecular formula is C11H12FN3. The molecule has 1 aromatic rings. The van der Waals surface area contributed by atoms with Gasteiger partial charge in [-0.1, -0.05) is 0 Å². The summed E-state index contributed by atoms with van der Waals surface area (Å²) in [5.41, 5.74) is 1.15. The zero-order valence-corrected chi connectivity index (χ0v) is 8.36. The van der Waals surface area contributed by atoms with E-state index < -0.39 is 0 Å². The number of halogens is 1. The van der Waals surface area contributed by atoms with Gasteiger partial charge >= 0.3 is 0 Å². The molecule has 15 heavy (non-hydrogen) atoms. The van der Waals surface area contributed by atoms with Crippen LogP contribution in [0.4, 0.5) is 10.1 Å². The third-order valence-electron chi connectivity index (χ3n) is 2.76. The van der Waals surface area contributed by atoms with E-state index in [2.05, 4.69) is 4.98 Å². The van der Waals surface area contributed by atoms with Crippen molar-refractivity contribution in [3.63, 3.8) is 0 Å². The maximum Gasteiger partial charge on any atom is 0.163 e. The molecule has 1 aliphatic rings. The monoisotopic (exact) mass is 205 g/mol. The third kappa shape index (κ3) is 1.78. The Balaban J connectivity index is 2.33. The Kier molecular flexibility index (Phi) is 2.82. The SMILES string of the molecule is N#Cc1ncccc1N1CCCC1CF. The van der Waals surface area contributed by atoms with Gasteiger partial charge in [0.1, 0.15) is 12.7 Å². The zero-order valence-electron chi connectivity index (χ0n) is 8.36. The van der Waals surface area contributed by atoms with Crippen molar-refractivity contribution in [2.24, 2.45) is 0 Å². The predicted octanol–water partition coefficient (Wildman–Crippen LogP) is 1.89. The van der Waals surface area contributed by atoms with Gasteiger partial charge < -0.3 is 4.90 Å². The Morgan fingerprint density at radius 1 is 1.67 bits per heavy atom. The van der Waals surface area contributed by atoms with Crippen LogP contribution in [0.25, 0.3) is 0 Å². The molecule has 0 radical (unpaired) electrons. The number of alkyl halides is 1. The average molecular weight is 205 g/mol. The zero-order chi connectivity index (χ0) is 10.7. The molecule has 2 rings (SSSR count). The molecule has 1 atom stereocenters. The fourth-order valence-corrected chi connectivity index (χ4v) is 2.03. The summed E-state index contributed by atoms with van der Waals surface area (Å²) in [5.74, 6) is 0. The topological polar surface area (TPSA) is 39.9 Å². The number of rotatable bonds is 2. The quantitative estimate of drug-likeness (QED) is 0.740. The summed E-state index contributed by atoms with van der Waals surface area (Å²) in [4.78, 5) is 5.94. The first-order chi connectivity index (χ1) is 7.36. The van der Waals surface area contributed by atoms with E-state index in [0.717, 1.165) is 25.1 Å². The van der Waals surface area contributed by atoms with Gasteiger partial charge in [0.15, 0.2) is 5.69 Å². The average Bonchev–Trinajstić information content (AvgIpc) is 2.76. The molecule has 0 aliphatic carbocycles. The van der Waals surface area contributed by atoms with Crippen LogP contribution < -0.4 is 4.90 Å². The van der Waals surface area contributed by atoms with Crippen molar-refractivity contribution in [1.82, 2.24) is 4.98 Å². The van der Waals surface area contributed by atoms with E-state index in [1.807, 2.05) is 17.0 Å². The molecule has 1 saturated heterocycles. The summed E-state index contributed by atoms with van der Waals surface area (Å²) in [5, 5.41) is 8.90. The lowest BCUT2D eigenvalue weighted by Gasteiger charge is -2.24. The lowest BCUT2D eigenvalue weighted by Crippen LogP contribution is -2.31. The van der Waals surface area contributed by atoms with E-state index in [-0.39, 0.29) is 12.7 Å². The molecule has 1 aliphatic heterocycles. The number of aromatic nitrogens is 1. The van der Waals surface area contributed by atoms with E-state index in [1.54, 1.807) is 12.3 Å². The van der Waals surface area contributed by atoms with Crippen molar-refractivity contribution in [2.45, 2.75) is 18.9 Å². The number of anilines is 1. The van der Waals surface area contributed by atoms with Crippen molar-refractivity contribution in [2.75, 3.05) is 18.1 Å². The van der Waals surface area contributed by atoms with Crippen LogP contribution >= 0.6 is 0 Å². The molecule has 0 spiro atoms. The van der Waals surface area contributed by atoms with E-state index in [0.29, 0.717) is 5.69 Å². The fraction of sp³-hybridized carbons (Fsp3) is 0.455. The lowest BCUT2D eigenvalue weighted by molar-refractivity contribution is 0.428. The van der Waals surface area contributed by atoms with Gasteiger partial charge in [-0.3, -0.25) is 0 Å². The van der Waals surface area contributed by atoms with Crippen LogP contribution in [0.15, 0.2) is 18.3 Å². The van der Waals surface area contributed by atoms with Gasteiger partial charge in [-0.15, -0.1) is 0 Å². The number of hydrogen-bond donors (Lipinski definition) is 0. The summed E-state index contributed by atoms with van der Waals surface area (Å²) in [6.07, 6.45) is 3.42. The molecule has 78 valence electrons. The van der Waals surface area contributed by atoms with Crippen molar-refractivity contribution in [3.05, 3.63) is 24.0 Å². The highest BCUT2D eigenvalue weighted by Gasteiger charge is 2.26. The highest BCUT2D eigenvalue weighted by Crippen LogP contribution is 2.27. The first-order valence-electron chi connectivity index (χ1n) is 5.04. The highest BCUT2D eigenvalue weighted by molar-refractivity contribution is 5.57. The first-order valence-corrected chi connectivity index (χ1v) is 5.04. The molecule has 4 heteroatoms. The number of hydrogen-bond acceptors (Lipinski definition) is 3. The summed E-state index contributed by atoms with van der Waals surface area (Å²) in [6.45, 7) is 0.453. The third-order valence-corrected chi connectivity index (χ3v) is 2.76. The maximum absolute atomic E-state index is 12.7. The molecule has 0 N–H and O–H groups in total. The van der Waals surface area contributed by atoms with Gasteiger partial charge in [0.2, 0.25) is 0 Å². The second kappa shape index (κ2) is 4.26. The summed E-state index contributed by atoms with van der Waals surface area (Å²) < 4.78 is 12.7. The Bertz CT molecular complexity index is 386. The van der Waals surface area contributed by atoms with E-state index in [1.165, 1.54) is 0 Å². The van der Waals surface area contributed by atoms with E-state index >= 15 is 0 Å². The van der Waals surface area contributed by atoms with Gasteiger partial charge in [0.05, 0.1) is 11.7 Å². The van der Waals surface area contributed by atoms with E-state index in [9.17, 15) is 4.39 Å². The molecule has 0 bridgehead atoms. The first kappa shape index (κ1) is 9.91. The second-order valence-electron chi connectivity index (χ2n) is 3.63. The Labute approximate surface area is 88.2 Å². The largest absolute Gasteiger partial charge is 0.364 e. The maximum atomic E-state index is 12.7. The molecule has 0 aromatic carbocycles. The molecule has 1 fully saturated rings. The summed E-state index contributed by atoms with van der Waals surface area (Å²) in [6, 6.07) is 5.57. The van der Waals surface area contributed by atoms with Crippen LogP contribution in [0.1, 0.15) is 18.5 Å². The smallest absolute Gasteiger partial charge is 0.163 e. The number of pyridine rings is 1. The normalized spacial score (nSPS) is 20.3. The standard InChI is InChI=1S/C11H12FN3/c12-7-9-3-2-6-15(9)11-4-1-5-14-10(11)8-13/h1,4-5,9H,2-3,6-7H2. The lowest BCUT2D eigenvalue weighted by atomic mass is 10.2. The predicted molar refractivity (Wildman–Crippen MR) is 55.3 cm³/mol. The van der Waals surface area contributed by atoms with Crippen molar-refractivity contribution in [1.29, 1.82) is 5.26 Å². The summed E-state index contributed by atoms with van der Waals surface area (Å²) >= 11 is 0. The van der Waals surface area contributed by atoms with Crippen LogP contribution in [-0.2, 0) is 0 Å². The Morgan fingerprint density at radius 3 is 3.27 bits per heavy atom. The van der Waals surface area contributed by atoms with Gasteiger partial charge in [-0.05, 0) is 25.0 Å². The van der Waals surface area contributed by atoms with Crippen molar-refractivity contribution in [3.8, 4) is 6.07 Å². The second-order valence-corrected chi connectivity index (χ2v) is 3.63. The summed E-state index contributed by atoms with van der Waals surface area (Å²) in [7, 11) is 0. The van der Waals surface area contributed by atoms with Gasteiger partial charge in [0.25, 0.3) is 0 Å². The molecule has 1 unspecified atom stereocenters. The van der Waals surface area contributed by atoms with Crippen molar-refractivity contribution >= 4 is 5.69 Å². The van der Waals surface area contributed by atoms with Crippen LogP contribution in [0.5, 0.6) is 0 Å². The van der Waals surface area contributed by atoms with Gasteiger partial charge in [0, 0.05) is 12.7 Å². The van der Waals surface area contributed by atoms with Crippen LogP contribution in [0, 0.1) is 11.3 Å². The number of nitriles is 1. The van der Waals surface area contributed by atoms with Crippen LogP contribution in [-0.4, -0.2) is 24.2 Å². The fourth-order valence-electron chi connectivity index (χ4n) is 2.03. The highest BCUT2D eigenvalue weighted by atomic mass is 19.1. The van der Waals surface area contributed by atoms with E-state index in [4.69, 9.17) is 5.26 Å². The molecular weight excluding hydrogens is 193 g/mol. The minimum Gasteiger partial charge on any atom is -0.364 e. The molecule has 2 heterocycles. The Morgan fingerprint density at radius 2 is 2.53 bits per heavy atom. The Hall–Kier alpha value is -1.63. The molecule has 0 saturated carbocycles. The molecule has 0 amide bonds. The molecule has 1 aromatic heterocycles. The van der Waals surface area contributed by atoms with Crippen LogP contribution in [0.2, 0.25) is 0 Å². The minimum atomic E-state index is -0.361. The van der Waals surface area contributed by atoms with Crippen LogP contribution in [0.3, 0.4) is 0 Å². The number of nitrogens with zero attached hydrogens (tertiary/aromatic N) is 3. The van der Waals surface area contributed by atoms with Gasteiger partial charge in [-0.2, -0.15) is 5.26 Å². The minimum absolute atomic E-state index is 0.0821. The van der Waals surface area contributed by atoms with Crippen molar-refractivity contribution < 1.29 is 4.39 Å². The van der Waals surface area contributed by atoms with Gasteiger partial charge in [-0.25, -0.2) is 9.37 Å². The molecule has 3 nitrogen and oxygen atoms in total.